The van der Waals surface area contributed by atoms with Crippen LogP contribution in [-0.2, 0) is 0 Å². The number of fused-ring (bicyclic) bond motifs is 2. The van der Waals surface area contributed by atoms with E-state index in [0.29, 0.717) is 12.1 Å². The fraction of sp³-hybridized carbons (Fsp3) is 0.583. The predicted octanol–water partition coefficient (Wildman–Crippen LogP) is 1.48. The predicted molar refractivity (Wildman–Crippen MR) is 65.4 cm³/mol. The maximum Gasteiger partial charge on any atom is 0.363 e. The molecule has 0 unspecified atom stereocenters. The van der Waals surface area contributed by atoms with Crippen LogP contribution in [0.2, 0.25) is 0 Å². The smallest absolute Gasteiger partial charge is 0.363 e. The lowest BCUT2D eigenvalue weighted by atomic mass is 9.99. The zero-order chi connectivity index (χ0) is 12.7. The van der Waals surface area contributed by atoms with E-state index in [0.717, 1.165) is 31.4 Å². The van der Waals surface area contributed by atoms with Gasteiger partial charge in [0, 0.05) is 18.2 Å². The number of aliphatic hydroxyl groups excluding tert-OH is 1. The highest BCUT2D eigenvalue weighted by atomic mass is 16.6. The first kappa shape index (κ1) is 11.4. The monoisotopic (exact) mass is 249 g/mol. The Kier molecular flexibility index (Phi) is 2.66. The zero-order valence-corrected chi connectivity index (χ0v) is 9.90. The van der Waals surface area contributed by atoms with Crippen LogP contribution >= 0.6 is 0 Å². The van der Waals surface area contributed by atoms with Crippen molar-refractivity contribution in [2.45, 2.75) is 43.9 Å². The Hall–Kier alpha value is -1.69. The number of nitrogens with zero attached hydrogens (tertiary/aromatic N) is 3. The number of hydrogen-bond donors (Lipinski definition) is 1. The Morgan fingerprint density at radius 1 is 1.33 bits per heavy atom. The first-order valence-electron chi connectivity index (χ1n) is 6.22. The number of aromatic nitrogens is 1. The van der Waals surface area contributed by atoms with Crippen molar-refractivity contribution in [2.75, 3.05) is 4.90 Å². The van der Waals surface area contributed by atoms with Crippen LogP contribution in [0.1, 0.15) is 25.7 Å². The summed E-state index contributed by atoms with van der Waals surface area (Å²) in [6, 6.07) is 3.90. The number of piperidine rings is 1. The van der Waals surface area contributed by atoms with Gasteiger partial charge in [-0.3, -0.25) is 0 Å². The lowest BCUT2D eigenvalue weighted by Gasteiger charge is -2.38. The SMILES string of the molecule is O=[N+]([O-])c1ccc(N2[C@@H]3CC[C@H]2C[C@@H](O)C3)cn1. The molecule has 0 amide bonds. The number of hydrogen-bond acceptors (Lipinski definition) is 5. The Balaban J connectivity index is 1.85. The van der Waals surface area contributed by atoms with Crippen molar-refractivity contribution >= 4 is 11.5 Å². The molecule has 1 aromatic rings. The molecule has 3 rings (SSSR count). The van der Waals surface area contributed by atoms with E-state index in [1.54, 1.807) is 12.3 Å². The van der Waals surface area contributed by atoms with E-state index in [1.165, 1.54) is 6.07 Å². The molecule has 0 radical (unpaired) electrons. The van der Waals surface area contributed by atoms with E-state index in [9.17, 15) is 15.2 Å². The van der Waals surface area contributed by atoms with Crippen LogP contribution in [0, 0.1) is 10.1 Å². The van der Waals surface area contributed by atoms with Gasteiger partial charge in [0.15, 0.2) is 6.20 Å². The molecule has 1 N–H and O–H groups in total. The molecule has 18 heavy (non-hydrogen) atoms. The molecule has 6 heteroatoms. The molecule has 1 aromatic heterocycles. The van der Waals surface area contributed by atoms with Gasteiger partial charge in [0.1, 0.15) is 0 Å². The fourth-order valence-electron chi connectivity index (χ4n) is 3.21. The topological polar surface area (TPSA) is 79.5 Å². The molecule has 2 bridgehead atoms. The standard InChI is InChI=1S/C12H15N3O3/c16-11-5-8-1-2-9(6-11)14(8)10-3-4-12(13-7-10)15(17)18/h3-4,7-9,11,16H,1-2,5-6H2/t8-,9+,11+. The number of nitro groups is 1. The summed E-state index contributed by atoms with van der Waals surface area (Å²) in [5.74, 6) is -0.122. The molecular formula is C12H15N3O3. The molecule has 3 heterocycles. The minimum Gasteiger partial charge on any atom is -0.393 e. The Bertz CT molecular complexity index is 448. The molecule has 2 aliphatic heterocycles. The Labute approximate surface area is 104 Å². The van der Waals surface area contributed by atoms with Crippen LogP contribution in [0.4, 0.5) is 11.5 Å². The maximum atomic E-state index is 10.6. The highest BCUT2D eigenvalue weighted by Gasteiger charge is 2.40. The van der Waals surface area contributed by atoms with Crippen molar-refractivity contribution in [3.8, 4) is 0 Å². The summed E-state index contributed by atoms with van der Waals surface area (Å²) in [5, 5.41) is 20.3. The summed E-state index contributed by atoms with van der Waals surface area (Å²) < 4.78 is 0. The number of anilines is 1. The lowest BCUT2D eigenvalue weighted by Crippen LogP contribution is -2.44. The van der Waals surface area contributed by atoms with Gasteiger partial charge in [0.05, 0.1) is 11.8 Å². The third kappa shape index (κ3) is 1.82. The number of aliphatic hydroxyl groups is 1. The Morgan fingerprint density at radius 3 is 2.50 bits per heavy atom. The van der Waals surface area contributed by atoms with Gasteiger partial charge in [0.25, 0.3) is 0 Å². The van der Waals surface area contributed by atoms with E-state index in [4.69, 9.17) is 0 Å². The normalized spacial score (nSPS) is 30.5. The summed E-state index contributed by atoms with van der Waals surface area (Å²) in [6.45, 7) is 0. The summed E-state index contributed by atoms with van der Waals surface area (Å²) >= 11 is 0. The van der Waals surface area contributed by atoms with Gasteiger partial charge in [-0.15, -0.1) is 0 Å². The first-order chi connectivity index (χ1) is 8.65. The molecule has 3 atom stereocenters. The largest absolute Gasteiger partial charge is 0.393 e. The van der Waals surface area contributed by atoms with Gasteiger partial charge >= 0.3 is 5.82 Å². The molecule has 0 aliphatic carbocycles. The molecular weight excluding hydrogens is 234 g/mol. The lowest BCUT2D eigenvalue weighted by molar-refractivity contribution is -0.389. The average molecular weight is 249 g/mol. The van der Waals surface area contributed by atoms with Crippen molar-refractivity contribution in [1.29, 1.82) is 0 Å². The van der Waals surface area contributed by atoms with Gasteiger partial charge in [-0.05, 0) is 41.7 Å². The van der Waals surface area contributed by atoms with Crippen LogP contribution in [0.15, 0.2) is 18.3 Å². The maximum absolute atomic E-state index is 10.6. The summed E-state index contributed by atoms with van der Waals surface area (Å²) in [6.07, 6.45) is 5.10. The van der Waals surface area contributed by atoms with Crippen molar-refractivity contribution in [1.82, 2.24) is 4.98 Å². The quantitative estimate of drug-likeness (QED) is 0.634. The first-order valence-corrected chi connectivity index (χ1v) is 6.22. The molecule has 6 nitrogen and oxygen atoms in total. The van der Waals surface area contributed by atoms with Crippen molar-refractivity contribution < 1.29 is 10.0 Å². The van der Waals surface area contributed by atoms with Crippen LogP contribution in [0.5, 0.6) is 0 Å². The van der Waals surface area contributed by atoms with E-state index >= 15 is 0 Å². The third-order valence-electron chi connectivity index (χ3n) is 3.93. The Morgan fingerprint density at radius 2 is 2.00 bits per heavy atom. The van der Waals surface area contributed by atoms with Crippen LogP contribution < -0.4 is 4.90 Å². The van der Waals surface area contributed by atoms with E-state index in [2.05, 4.69) is 9.88 Å². The molecule has 2 saturated heterocycles. The molecule has 0 saturated carbocycles. The van der Waals surface area contributed by atoms with Gasteiger partial charge in [0.2, 0.25) is 0 Å². The van der Waals surface area contributed by atoms with Crippen LogP contribution in [0.3, 0.4) is 0 Å². The highest BCUT2D eigenvalue weighted by Crippen LogP contribution is 2.39. The minimum atomic E-state index is -0.488. The molecule has 0 spiro atoms. The molecule has 2 fully saturated rings. The number of rotatable bonds is 2. The summed E-state index contributed by atoms with van der Waals surface area (Å²) in [5.41, 5.74) is 0.931. The summed E-state index contributed by atoms with van der Waals surface area (Å²) in [7, 11) is 0. The minimum absolute atomic E-state index is 0.122. The second-order valence-corrected chi connectivity index (χ2v) is 5.05. The van der Waals surface area contributed by atoms with Crippen molar-refractivity contribution in [3.05, 3.63) is 28.4 Å². The van der Waals surface area contributed by atoms with Crippen molar-refractivity contribution in [3.63, 3.8) is 0 Å². The van der Waals surface area contributed by atoms with Gasteiger partial charge in [-0.2, -0.15) is 0 Å². The molecule has 2 aliphatic rings. The van der Waals surface area contributed by atoms with Crippen LogP contribution in [0.25, 0.3) is 0 Å². The number of pyridine rings is 1. The van der Waals surface area contributed by atoms with E-state index < -0.39 is 4.92 Å². The van der Waals surface area contributed by atoms with Crippen LogP contribution in [-0.4, -0.2) is 33.2 Å². The van der Waals surface area contributed by atoms with Gasteiger partial charge in [-0.25, -0.2) is 0 Å². The average Bonchev–Trinajstić information content (AvgIpc) is 2.62. The van der Waals surface area contributed by atoms with E-state index in [-0.39, 0.29) is 11.9 Å². The third-order valence-corrected chi connectivity index (χ3v) is 3.93. The zero-order valence-electron chi connectivity index (χ0n) is 9.90. The second kappa shape index (κ2) is 4.20. The molecule has 96 valence electrons. The molecule has 0 aromatic carbocycles. The highest BCUT2D eigenvalue weighted by molar-refractivity contribution is 5.50. The fourth-order valence-corrected chi connectivity index (χ4v) is 3.21. The van der Waals surface area contributed by atoms with Crippen molar-refractivity contribution in [2.24, 2.45) is 0 Å². The second-order valence-electron chi connectivity index (χ2n) is 5.05. The summed E-state index contributed by atoms with van der Waals surface area (Å²) in [4.78, 5) is 16.2. The van der Waals surface area contributed by atoms with Gasteiger partial charge in [-0.1, -0.05) is 0 Å². The van der Waals surface area contributed by atoms with E-state index in [1.807, 2.05) is 0 Å². The van der Waals surface area contributed by atoms with Gasteiger partial charge < -0.3 is 20.1 Å².